The van der Waals surface area contributed by atoms with Gasteiger partial charge in [0.05, 0.1) is 5.69 Å². The number of halogens is 3. The van der Waals surface area contributed by atoms with Gasteiger partial charge >= 0.3 is 6.18 Å². The lowest BCUT2D eigenvalue weighted by atomic mass is 10.1. The highest BCUT2D eigenvalue weighted by Crippen LogP contribution is 2.26. The van der Waals surface area contributed by atoms with E-state index in [9.17, 15) is 18.0 Å². The minimum atomic E-state index is -4.45. The van der Waals surface area contributed by atoms with E-state index in [4.69, 9.17) is 0 Å². The predicted molar refractivity (Wildman–Crippen MR) is 91.5 cm³/mol. The van der Waals surface area contributed by atoms with Crippen LogP contribution in [0.1, 0.15) is 6.92 Å². The Bertz CT molecular complexity index is 922. The normalized spacial score (nSPS) is 12.8. The molecule has 3 aromatic rings. The van der Waals surface area contributed by atoms with Crippen LogP contribution >= 0.6 is 0 Å². The highest BCUT2D eigenvalue weighted by atomic mass is 19.4. The molecule has 136 valence electrons. The van der Waals surface area contributed by atoms with Crippen LogP contribution in [0.15, 0.2) is 42.7 Å². The number of nitrogens with one attached hydrogen (secondary N) is 3. The van der Waals surface area contributed by atoms with Crippen molar-refractivity contribution in [1.29, 1.82) is 0 Å². The van der Waals surface area contributed by atoms with E-state index in [0.717, 1.165) is 16.6 Å². The van der Waals surface area contributed by atoms with E-state index in [1.165, 1.54) is 6.92 Å². The van der Waals surface area contributed by atoms with Crippen LogP contribution in [0.2, 0.25) is 0 Å². The Balaban J connectivity index is 1.75. The second kappa shape index (κ2) is 7.03. The lowest BCUT2D eigenvalue weighted by molar-refractivity contribution is -0.138. The van der Waals surface area contributed by atoms with Crippen LogP contribution in [0.4, 0.5) is 19.0 Å². The second-order valence-electron chi connectivity index (χ2n) is 5.71. The highest BCUT2D eigenvalue weighted by molar-refractivity contribution is 5.92. The maximum absolute atomic E-state index is 12.2. The molecule has 0 bridgehead atoms. The number of amides is 1. The van der Waals surface area contributed by atoms with E-state index in [-0.39, 0.29) is 0 Å². The van der Waals surface area contributed by atoms with Crippen LogP contribution in [0, 0.1) is 0 Å². The average Bonchev–Trinajstić information content (AvgIpc) is 3.07. The van der Waals surface area contributed by atoms with Crippen LogP contribution in [-0.2, 0) is 4.79 Å². The monoisotopic (exact) mass is 363 g/mol. The maximum Gasteiger partial charge on any atom is 0.405 e. The van der Waals surface area contributed by atoms with E-state index < -0.39 is 24.7 Å². The number of aromatic amines is 1. The molecule has 0 fully saturated rings. The van der Waals surface area contributed by atoms with Gasteiger partial charge in [0.1, 0.15) is 24.1 Å². The van der Waals surface area contributed by atoms with Crippen molar-refractivity contribution in [3.05, 3.63) is 42.7 Å². The fraction of sp³-hybridized carbons (Fsp3) is 0.235. The summed E-state index contributed by atoms with van der Waals surface area (Å²) in [4.78, 5) is 23.5. The summed E-state index contributed by atoms with van der Waals surface area (Å²) in [7, 11) is 0. The topological polar surface area (TPSA) is 82.7 Å². The molecule has 1 atom stereocenters. The Morgan fingerprint density at radius 1 is 1.27 bits per heavy atom. The van der Waals surface area contributed by atoms with Crippen LogP contribution in [0.25, 0.3) is 22.3 Å². The Labute approximate surface area is 146 Å². The molecule has 0 saturated heterocycles. The van der Waals surface area contributed by atoms with Crippen molar-refractivity contribution in [2.75, 3.05) is 11.9 Å². The summed E-state index contributed by atoms with van der Waals surface area (Å²) >= 11 is 0. The van der Waals surface area contributed by atoms with Gasteiger partial charge in [-0.15, -0.1) is 0 Å². The molecule has 9 heteroatoms. The standard InChI is InChI=1S/C17H16F3N5O/c1-10(16(26)23-9-17(18,19)20)24-14-4-2-3-13(25-14)11-5-7-21-15-12(11)6-8-22-15/h2-8,10H,9H2,1H3,(H,21,22)(H,23,26)(H,24,25). The molecular weight excluding hydrogens is 347 g/mol. The van der Waals surface area contributed by atoms with E-state index in [2.05, 4.69) is 20.3 Å². The number of carbonyl (C=O) groups excluding carboxylic acids is 1. The minimum Gasteiger partial charge on any atom is -0.359 e. The number of aromatic nitrogens is 3. The summed E-state index contributed by atoms with van der Waals surface area (Å²) in [5.41, 5.74) is 2.24. The smallest absolute Gasteiger partial charge is 0.359 e. The van der Waals surface area contributed by atoms with Gasteiger partial charge in [0.15, 0.2) is 0 Å². The van der Waals surface area contributed by atoms with E-state index >= 15 is 0 Å². The molecule has 0 aliphatic carbocycles. The maximum atomic E-state index is 12.2. The van der Waals surface area contributed by atoms with Gasteiger partial charge in [-0.1, -0.05) is 6.07 Å². The van der Waals surface area contributed by atoms with Crippen molar-refractivity contribution in [2.24, 2.45) is 0 Å². The number of hydrogen-bond acceptors (Lipinski definition) is 4. The van der Waals surface area contributed by atoms with Crippen LogP contribution in [0.3, 0.4) is 0 Å². The Kier molecular flexibility index (Phi) is 4.79. The molecule has 1 amide bonds. The summed E-state index contributed by atoms with van der Waals surface area (Å²) in [6.07, 6.45) is -1.02. The first kappa shape index (κ1) is 17.7. The highest BCUT2D eigenvalue weighted by Gasteiger charge is 2.28. The first-order chi connectivity index (χ1) is 12.3. The zero-order chi connectivity index (χ0) is 18.7. The average molecular weight is 363 g/mol. The number of fused-ring (bicyclic) bond motifs is 1. The first-order valence-electron chi connectivity index (χ1n) is 7.84. The molecule has 0 aliphatic heterocycles. The SMILES string of the molecule is CC(Nc1cccc(-c2ccnc3[nH]ccc23)n1)C(=O)NCC(F)(F)F. The second-order valence-corrected chi connectivity index (χ2v) is 5.71. The fourth-order valence-corrected chi connectivity index (χ4v) is 2.48. The number of hydrogen-bond donors (Lipinski definition) is 3. The quantitative estimate of drug-likeness (QED) is 0.651. The van der Waals surface area contributed by atoms with Crippen molar-refractivity contribution >= 4 is 22.8 Å². The number of H-pyrrole nitrogens is 1. The summed E-state index contributed by atoms with van der Waals surface area (Å²) in [6.45, 7) is 0.102. The zero-order valence-electron chi connectivity index (χ0n) is 13.8. The molecule has 26 heavy (non-hydrogen) atoms. The van der Waals surface area contributed by atoms with Gasteiger partial charge in [-0.05, 0) is 31.2 Å². The number of anilines is 1. The number of nitrogens with zero attached hydrogens (tertiary/aromatic N) is 2. The molecule has 0 radical (unpaired) electrons. The summed E-state index contributed by atoms with van der Waals surface area (Å²) in [6, 6.07) is 8.04. The summed E-state index contributed by atoms with van der Waals surface area (Å²) < 4.78 is 36.6. The molecule has 6 nitrogen and oxygen atoms in total. The third-order valence-corrected chi connectivity index (χ3v) is 3.71. The fourth-order valence-electron chi connectivity index (χ4n) is 2.48. The number of pyridine rings is 2. The van der Waals surface area contributed by atoms with Crippen molar-refractivity contribution in [3.8, 4) is 11.3 Å². The Morgan fingerprint density at radius 2 is 2.08 bits per heavy atom. The van der Waals surface area contributed by atoms with Gasteiger partial charge < -0.3 is 15.6 Å². The third kappa shape index (κ3) is 4.11. The summed E-state index contributed by atoms with van der Waals surface area (Å²) in [5.74, 6) is -0.371. The molecule has 0 aromatic carbocycles. The van der Waals surface area contributed by atoms with Crippen LogP contribution < -0.4 is 10.6 Å². The van der Waals surface area contributed by atoms with Gasteiger partial charge in [-0.2, -0.15) is 13.2 Å². The predicted octanol–water partition coefficient (Wildman–Crippen LogP) is 3.10. The first-order valence-corrected chi connectivity index (χ1v) is 7.84. The van der Waals surface area contributed by atoms with Crippen molar-refractivity contribution in [3.63, 3.8) is 0 Å². The Morgan fingerprint density at radius 3 is 2.85 bits per heavy atom. The van der Waals surface area contributed by atoms with Crippen LogP contribution in [0.5, 0.6) is 0 Å². The lowest BCUT2D eigenvalue weighted by Crippen LogP contribution is -2.42. The molecule has 0 aliphatic rings. The van der Waals surface area contributed by atoms with Gasteiger partial charge in [0.2, 0.25) is 5.91 Å². The van der Waals surface area contributed by atoms with Gasteiger partial charge in [0.25, 0.3) is 0 Å². The van der Waals surface area contributed by atoms with E-state index in [1.807, 2.05) is 17.4 Å². The number of alkyl halides is 3. The van der Waals surface area contributed by atoms with E-state index in [1.54, 1.807) is 30.6 Å². The molecule has 0 saturated carbocycles. The van der Waals surface area contributed by atoms with Crippen LogP contribution in [-0.4, -0.2) is 39.6 Å². The minimum absolute atomic E-state index is 0.387. The summed E-state index contributed by atoms with van der Waals surface area (Å²) in [5, 5.41) is 5.56. The third-order valence-electron chi connectivity index (χ3n) is 3.71. The number of rotatable bonds is 5. The van der Waals surface area contributed by atoms with Gasteiger partial charge in [-0.25, -0.2) is 9.97 Å². The molecule has 3 heterocycles. The zero-order valence-corrected chi connectivity index (χ0v) is 13.8. The largest absolute Gasteiger partial charge is 0.405 e. The molecule has 3 N–H and O–H groups in total. The molecule has 0 spiro atoms. The van der Waals surface area contributed by atoms with E-state index in [0.29, 0.717) is 11.5 Å². The molecular formula is C17H16F3N5O. The Hall–Kier alpha value is -3.10. The van der Waals surface area contributed by atoms with Crippen molar-refractivity contribution in [1.82, 2.24) is 20.3 Å². The van der Waals surface area contributed by atoms with Crippen molar-refractivity contribution in [2.45, 2.75) is 19.1 Å². The molecule has 3 rings (SSSR count). The lowest BCUT2D eigenvalue weighted by Gasteiger charge is -2.16. The molecule has 3 aromatic heterocycles. The molecule has 1 unspecified atom stereocenters. The number of carbonyl (C=O) groups is 1. The van der Waals surface area contributed by atoms with Gasteiger partial charge in [0, 0.05) is 23.3 Å². The van der Waals surface area contributed by atoms with Gasteiger partial charge in [-0.3, -0.25) is 4.79 Å². The van der Waals surface area contributed by atoms with Crippen molar-refractivity contribution < 1.29 is 18.0 Å².